The summed E-state index contributed by atoms with van der Waals surface area (Å²) in [4.78, 5) is 21.1. The van der Waals surface area contributed by atoms with Crippen LogP contribution in [0.15, 0.2) is 15.5 Å². The predicted octanol–water partition coefficient (Wildman–Crippen LogP) is 0.231. The molecule has 11 heavy (non-hydrogen) atoms. The fraction of sp³-hybridized carbons (Fsp3) is 0. The van der Waals surface area contributed by atoms with Gasteiger partial charge in [-0.2, -0.15) is 5.10 Å². The summed E-state index contributed by atoms with van der Waals surface area (Å²) in [5, 5.41) is 13.9. The van der Waals surface area contributed by atoms with Gasteiger partial charge in [0.15, 0.2) is 0 Å². The molecule has 0 aliphatic rings. The summed E-state index contributed by atoms with van der Waals surface area (Å²) in [5.74, 6) is -1.18. The minimum Gasteiger partial charge on any atom is -0.478 e. The second kappa shape index (κ2) is 2.83. The van der Waals surface area contributed by atoms with Crippen LogP contribution in [-0.2, 0) is 0 Å². The molecule has 5 nitrogen and oxygen atoms in total. The first-order valence-corrected chi connectivity index (χ1v) is 3.38. The van der Waals surface area contributed by atoms with E-state index in [-0.39, 0.29) is 10.0 Å². The monoisotopic (exact) mass is 218 g/mol. The number of aromatic amines is 1. The molecule has 0 saturated carbocycles. The summed E-state index contributed by atoms with van der Waals surface area (Å²) in [7, 11) is 0. The lowest BCUT2D eigenvalue weighted by Gasteiger charge is -1.93. The van der Waals surface area contributed by atoms with Crippen LogP contribution in [0, 0.1) is 0 Å². The highest BCUT2D eigenvalue weighted by atomic mass is 79.9. The normalized spacial score (nSPS) is 9.55. The minimum atomic E-state index is -1.18. The van der Waals surface area contributed by atoms with Crippen molar-refractivity contribution in [3.05, 3.63) is 26.6 Å². The molecule has 6 heteroatoms. The van der Waals surface area contributed by atoms with Crippen LogP contribution in [-0.4, -0.2) is 21.3 Å². The van der Waals surface area contributed by atoms with Crippen LogP contribution >= 0.6 is 15.9 Å². The van der Waals surface area contributed by atoms with E-state index < -0.39 is 11.5 Å². The number of nitrogens with zero attached hydrogens (tertiary/aromatic N) is 1. The highest BCUT2D eigenvalue weighted by Gasteiger charge is 2.10. The van der Waals surface area contributed by atoms with Gasteiger partial charge in [-0.05, 0) is 15.9 Å². The van der Waals surface area contributed by atoms with E-state index in [9.17, 15) is 9.59 Å². The maximum absolute atomic E-state index is 10.7. The number of carboxylic acid groups (broad SMARTS) is 1. The van der Waals surface area contributed by atoms with Crippen molar-refractivity contribution in [2.24, 2.45) is 0 Å². The molecule has 0 atom stereocenters. The van der Waals surface area contributed by atoms with Gasteiger partial charge in [0.2, 0.25) is 0 Å². The molecule has 2 N–H and O–H groups in total. The van der Waals surface area contributed by atoms with Gasteiger partial charge in [0.1, 0.15) is 4.47 Å². The first-order chi connectivity index (χ1) is 5.13. The fourth-order valence-electron chi connectivity index (χ4n) is 0.533. The molecule has 1 aromatic heterocycles. The molecule has 0 unspecified atom stereocenters. The molecule has 1 rings (SSSR count). The van der Waals surface area contributed by atoms with E-state index in [2.05, 4.69) is 26.1 Å². The minimum absolute atomic E-state index is 0.0139. The van der Waals surface area contributed by atoms with Crippen molar-refractivity contribution in [1.82, 2.24) is 10.2 Å². The van der Waals surface area contributed by atoms with Gasteiger partial charge in [-0.25, -0.2) is 9.89 Å². The summed E-state index contributed by atoms with van der Waals surface area (Å²) in [6.45, 7) is 0. The lowest BCUT2D eigenvalue weighted by molar-refractivity contribution is 0.0695. The second-order valence-electron chi connectivity index (χ2n) is 1.73. The molecule has 0 radical (unpaired) electrons. The van der Waals surface area contributed by atoms with Crippen molar-refractivity contribution in [3.63, 3.8) is 0 Å². The van der Waals surface area contributed by atoms with Crippen LogP contribution in [0.3, 0.4) is 0 Å². The molecule has 0 bridgehead atoms. The molecule has 1 aromatic rings. The van der Waals surface area contributed by atoms with Crippen molar-refractivity contribution >= 4 is 21.9 Å². The second-order valence-corrected chi connectivity index (χ2v) is 2.52. The van der Waals surface area contributed by atoms with Crippen LogP contribution in [0.25, 0.3) is 0 Å². The molecule has 0 aliphatic heterocycles. The third-order valence-electron chi connectivity index (χ3n) is 1.03. The van der Waals surface area contributed by atoms with Crippen LogP contribution in [0.4, 0.5) is 0 Å². The van der Waals surface area contributed by atoms with Crippen LogP contribution in [0.1, 0.15) is 10.4 Å². The van der Waals surface area contributed by atoms with E-state index in [1.807, 2.05) is 0 Å². The molecule has 0 amide bonds. The molecule has 1 heterocycles. The number of halogens is 1. The average molecular weight is 219 g/mol. The highest BCUT2D eigenvalue weighted by molar-refractivity contribution is 9.10. The largest absolute Gasteiger partial charge is 0.478 e. The molecule has 0 aliphatic carbocycles. The van der Waals surface area contributed by atoms with Crippen molar-refractivity contribution in [3.8, 4) is 0 Å². The van der Waals surface area contributed by atoms with Crippen molar-refractivity contribution < 1.29 is 9.90 Å². The van der Waals surface area contributed by atoms with Gasteiger partial charge >= 0.3 is 5.97 Å². The Kier molecular flexibility index (Phi) is 2.04. The standard InChI is InChI=1S/C5H3BrN2O3/c6-3-2(5(10)11)1-7-8-4(3)9/h1H,(H,8,9)(H,10,11). The van der Waals surface area contributed by atoms with Crippen LogP contribution < -0.4 is 5.56 Å². The molecule has 0 spiro atoms. The number of aromatic carboxylic acids is 1. The molecular formula is C5H3BrN2O3. The van der Waals surface area contributed by atoms with E-state index in [0.717, 1.165) is 6.20 Å². The Balaban J connectivity index is 3.39. The summed E-state index contributed by atoms with van der Waals surface area (Å²) >= 11 is 2.82. The van der Waals surface area contributed by atoms with Crippen molar-refractivity contribution in [1.29, 1.82) is 0 Å². The Labute approximate surface area is 69.2 Å². The van der Waals surface area contributed by atoms with Gasteiger partial charge in [-0.1, -0.05) is 0 Å². The van der Waals surface area contributed by atoms with Gasteiger partial charge < -0.3 is 5.11 Å². The Morgan fingerprint density at radius 3 is 2.82 bits per heavy atom. The average Bonchev–Trinajstić information content (AvgIpc) is 1.94. The van der Waals surface area contributed by atoms with Gasteiger partial charge in [0.05, 0.1) is 11.8 Å². The number of nitrogens with one attached hydrogen (secondary N) is 1. The van der Waals surface area contributed by atoms with E-state index in [1.165, 1.54) is 0 Å². The van der Waals surface area contributed by atoms with E-state index in [1.54, 1.807) is 0 Å². The lowest BCUT2D eigenvalue weighted by atomic mass is 10.3. The lowest BCUT2D eigenvalue weighted by Crippen LogP contribution is -2.13. The Morgan fingerprint density at radius 1 is 1.73 bits per heavy atom. The Morgan fingerprint density at radius 2 is 2.36 bits per heavy atom. The summed E-state index contributed by atoms with van der Waals surface area (Å²) < 4.78 is -0.0139. The molecule has 0 aromatic carbocycles. The molecule has 0 saturated heterocycles. The fourth-order valence-corrected chi connectivity index (χ4v) is 0.893. The van der Waals surface area contributed by atoms with Gasteiger partial charge in [0, 0.05) is 0 Å². The third kappa shape index (κ3) is 1.45. The maximum atomic E-state index is 10.7. The van der Waals surface area contributed by atoms with Gasteiger partial charge in [-0.15, -0.1) is 0 Å². The van der Waals surface area contributed by atoms with Gasteiger partial charge in [0.25, 0.3) is 5.56 Å². The summed E-state index contributed by atoms with van der Waals surface area (Å²) in [6.07, 6.45) is 1.06. The van der Waals surface area contributed by atoms with Crippen LogP contribution in [0.2, 0.25) is 0 Å². The number of hydrogen-bond donors (Lipinski definition) is 2. The number of H-pyrrole nitrogens is 1. The Bertz CT molecular complexity index is 346. The summed E-state index contributed by atoms with van der Waals surface area (Å²) in [6, 6.07) is 0. The van der Waals surface area contributed by atoms with E-state index >= 15 is 0 Å². The zero-order chi connectivity index (χ0) is 8.43. The zero-order valence-corrected chi connectivity index (χ0v) is 6.75. The van der Waals surface area contributed by atoms with Crippen molar-refractivity contribution in [2.75, 3.05) is 0 Å². The predicted molar refractivity (Wildman–Crippen MR) is 39.5 cm³/mol. The maximum Gasteiger partial charge on any atom is 0.338 e. The SMILES string of the molecule is O=C(O)c1cn[nH]c(=O)c1Br. The van der Waals surface area contributed by atoms with Crippen molar-refractivity contribution in [2.45, 2.75) is 0 Å². The van der Waals surface area contributed by atoms with E-state index in [4.69, 9.17) is 5.11 Å². The Hall–Kier alpha value is -1.17. The summed E-state index contributed by atoms with van der Waals surface area (Å²) in [5.41, 5.74) is -0.696. The molecule has 0 fully saturated rings. The number of rotatable bonds is 1. The number of hydrogen-bond acceptors (Lipinski definition) is 3. The zero-order valence-electron chi connectivity index (χ0n) is 5.17. The number of aromatic nitrogens is 2. The topological polar surface area (TPSA) is 83.0 Å². The van der Waals surface area contributed by atoms with Crippen LogP contribution in [0.5, 0.6) is 0 Å². The first-order valence-electron chi connectivity index (χ1n) is 2.59. The highest BCUT2D eigenvalue weighted by Crippen LogP contribution is 2.07. The quantitative estimate of drug-likeness (QED) is 0.708. The third-order valence-corrected chi connectivity index (χ3v) is 1.81. The smallest absolute Gasteiger partial charge is 0.338 e. The molecule has 58 valence electrons. The van der Waals surface area contributed by atoms with E-state index in [0.29, 0.717) is 0 Å². The van der Waals surface area contributed by atoms with Gasteiger partial charge in [-0.3, -0.25) is 4.79 Å². The molecular weight excluding hydrogens is 216 g/mol. The number of carbonyl (C=O) groups is 1. The first kappa shape index (κ1) is 7.93. The number of carboxylic acids is 1.